The van der Waals surface area contributed by atoms with Crippen LogP contribution in [0, 0.1) is 10.1 Å². The van der Waals surface area contributed by atoms with E-state index in [9.17, 15) is 10.1 Å². The van der Waals surface area contributed by atoms with Gasteiger partial charge in [-0.15, -0.1) is 0 Å². The molecular weight excluding hydrogens is 246 g/mol. The Morgan fingerprint density at radius 3 is 3.00 bits per heavy atom. The summed E-state index contributed by atoms with van der Waals surface area (Å²) in [5.41, 5.74) is 1.46. The molecule has 102 valence electrons. The Morgan fingerprint density at radius 1 is 1.42 bits per heavy atom. The molecule has 0 aliphatic carbocycles. The number of benzene rings is 1. The van der Waals surface area contributed by atoms with Gasteiger partial charge in [0.05, 0.1) is 16.0 Å². The third-order valence-corrected chi connectivity index (χ3v) is 2.75. The maximum absolute atomic E-state index is 10.7. The van der Waals surface area contributed by atoms with Gasteiger partial charge in [0, 0.05) is 18.7 Å². The predicted molar refractivity (Wildman–Crippen MR) is 74.4 cm³/mol. The fourth-order valence-electron chi connectivity index (χ4n) is 1.79. The second-order valence-electron chi connectivity index (χ2n) is 4.18. The van der Waals surface area contributed by atoms with Crippen LogP contribution in [0.3, 0.4) is 0 Å². The van der Waals surface area contributed by atoms with Crippen LogP contribution < -0.4 is 10.6 Å². The minimum atomic E-state index is -0.413. The molecule has 2 aromatic rings. The van der Waals surface area contributed by atoms with E-state index in [0.29, 0.717) is 11.5 Å². The minimum Gasteiger partial charge on any atom is -0.356 e. The largest absolute Gasteiger partial charge is 0.356 e. The number of rotatable bonds is 7. The number of anilines is 1. The molecule has 0 aliphatic rings. The van der Waals surface area contributed by atoms with Crippen LogP contribution in [-0.2, 0) is 0 Å². The Morgan fingerprint density at radius 2 is 2.26 bits per heavy atom. The monoisotopic (exact) mass is 263 g/mol. The van der Waals surface area contributed by atoms with E-state index in [1.54, 1.807) is 6.07 Å². The summed E-state index contributed by atoms with van der Waals surface area (Å²) in [6.45, 7) is 4.79. The fraction of sp³-hybridized carbons (Fsp3) is 0.417. The Balaban J connectivity index is 1.99. The van der Waals surface area contributed by atoms with E-state index in [1.165, 1.54) is 12.1 Å². The van der Waals surface area contributed by atoms with Crippen LogP contribution in [0.1, 0.15) is 13.3 Å². The number of nitrogens with one attached hydrogen (secondary N) is 3. The van der Waals surface area contributed by atoms with E-state index >= 15 is 0 Å². The molecule has 1 heterocycles. The number of non-ortho nitro benzene ring substituents is 1. The van der Waals surface area contributed by atoms with Crippen molar-refractivity contribution in [2.75, 3.05) is 25.0 Å². The van der Waals surface area contributed by atoms with Gasteiger partial charge in [0.25, 0.3) is 5.69 Å². The zero-order chi connectivity index (χ0) is 13.7. The maximum atomic E-state index is 10.7. The second-order valence-corrected chi connectivity index (χ2v) is 4.18. The first kappa shape index (κ1) is 13.3. The molecule has 0 aliphatic heterocycles. The van der Waals surface area contributed by atoms with E-state index in [0.717, 1.165) is 31.6 Å². The van der Waals surface area contributed by atoms with Crippen molar-refractivity contribution < 1.29 is 4.92 Å². The number of nitro benzene ring substituents is 1. The van der Waals surface area contributed by atoms with Crippen LogP contribution >= 0.6 is 0 Å². The van der Waals surface area contributed by atoms with E-state index < -0.39 is 4.92 Å². The molecule has 0 unspecified atom stereocenters. The second kappa shape index (κ2) is 6.14. The first-order valence-corrected chi connectivity index (χ1v) is 6.29. The Bertz CT molecular complexity index is 566. The number of nitrogens with zero attached hydrogens (tertiary/aromatic N) is 2. The lowest BCUT2D eigenvalue weighted by atomic mass is 10.3. The topological polar surface area (TPSA) is 95.9 Å². The van der Waals surface area contributed by atoms with Gasteiger partial charge >= 0.3 is 0 Å². The lowest BCUT2D eigenvalue weighted by Crippen LogP contribution is -2.17. The number of hydrogen-bond donors (Lipinski definition) is 3. The van der Waals surface area contributed by atoms with Crippen LogP contribution in [0.2, 0.25) is 0 Å². The number of H-pyrrole nitrogens is 1. The zero-order valence-electron chi connectivity index (χ0n) is 10.8. The molecule has 7 heteroatoms. The number of aromatic amines is 1. The van der Waals surface area contributed by atoms with Gasteiger partial charge in [-0.3, -0.25) is 10.1 Å². The summed E-state index contributed by atoms with van der Waals surface area (Å²) < 4.78 is 0. The molecule has 2 rings (SSSR count). The van der Waals surface area contributed by atoms with Gasteiger partial charge in [0.1, 0.15) is 0 Å². The fourth-order valence-corrected chi connectivity index (χ4v) is 1.79. The Hall–Kier alpha value is -2.15. The third kappa shape index (κ3) is 3.41. The van der Waals surface area contributed by atoms with Crippen LogP contribution in [0.25, 0.3) is 11.0 Å². The van der Waals surface area contributed by atoms with Crippen molar-refractivity contribution in [2.45, 2.75) is 13.3 Å². The van der Waals surface area contributed by atoms with Gasteiger partial charge in [0.15, 0.2) is 0 Å². The molecule has 0 atom stereocenters. The molecule has 3 N–H and O–H groups in total. The van der Waals surface area contributed by atoms with Crippen molar-refractivity contribution >= 4 is 22.7 Å². The highest BCUT2D eigenvalue weighted by molar-refractivity contribution is 5.79. The molecule has 1 aromatic heterocycles. The molecule has 7 nitrogen and oxygen atoms in total. The zero-order valence-corrected chi connectivity index (χ0v) is 10.8. The molecule has 19 heavy (non-hydrogen) atoms. The van der Waals surface area contributed by atoms with Gasteiger partial charge < -0.3 is 15.6 Å². The van der Waals surface area contributed by atoms with Gasteiger partial charge in [0.2, 0.25) is 5.95 Å². The third-order valence-electron chi connectivity index (χ3n) is 2.75. The lowest BCUT2D eigenvalue weighted by Gasteiger charge is -2.02. The van der Waals surface area contributed by atoms with Crippen molar-refractivity contribution in [1.29, 1.82) is 0 Å². The Kier molecular flexibility index (Phi) is 4.30. The number of fused-ring (bicyclic) bond motifs is 1. The standard InChI is InChI=1S/C12H17N5O2/c1-2-13-6-3-7-14-12-15-10-5-4-9(17(18)19)8-11(10)16-12/h4-5,8,13H,2-3,6-7H2,1H3,(H2,14,15,16). The van der Waals surface area contributed by atoms with Crippen molar-refractivity contribution in [3.63, 3.8) is 0 Å². The summed E-state index contributed by atoms with van der Waals surface area (Å²) in [7, 11) is 0. The average molecular weight is 263 g/mol. The molecule has 0 fully saturated rings. The van der Waals surface area contributed by atoms with Crippen LogP contribution in [-0.4, -0.2) is 34.5 Å². The highest BCUT2D eigenvalue weighted by Crippen LogP contribution is 2.20. The molecule has 0 radical (unpaired) electrons. The van der Waals surface area contributed by atoms with Crippen LogP contribution in [0.4, 0.5) is 11.6 Å². The molecule has 0 saturated carbocycles. The predicted octanol–water partition coefficient (Wildman–Crippen LogP) is 1.88. The van der Waals surface area contributed by atoms with Crippen molar-refractivity contribution in [3.05, 3.63) is 28.3 Å². The maximum Gasteiger partial charge on any atom is 0.271 e. The summed E-state index contributed by atoms with van der Waals surface area (Å²) in [5, 5.41) is 17.1. The van der Waals surface area contributed by atoms with E-state index in [-0.39, 0.29) is 5.69 Å². The number of nitro groups is 1. The van der Waals surface area contributed by atoms with Gasteiger partial charge in [-0.2, -0.15) is 0 Å². The SMILES string of the molecule is CCNCCCNc1nc2ccc([N+](=O)[O-])cc2[nH]1. The summed E-state index contributed by atoms with van der Waals surface area (Å²) in [6, 6.07) is 4.60. The quantitative estimate of drug-likeness (QED) is 0.402. The summed E-state index contributed by atoms with van der Waals surface area (Å²) in [5.74, 6) is 0.645. The molecule has 0 bridgehead atoms. The molecular formula is C12H17N5O2. The van der Waals surface area contributed by atoms with Crippen LogP contribution in [0.15, 0.2) is 18.2 Å². The van der Waals surface area contributed by atoms with Crippen molar-refractivity contribution in [1.82, 2.24) is 15.3 Å². The smallest absolute Gasteiger partial charge is 0.271 e. The van der Waals surface area contributed by atoms with E-state index in [4.69, 9.17) is 0 Å². The molecule has 1 aromatic carbocycles. The van der Waals surface area contributed by atoms with Gasteiger partial charge in [-0.1, -0.05) is 6.92 Å². The summed E-state index contributed by atoms with van der Waals surface area (Å²) in [4.78, 5) is 17.6. The van der Waals surface area contributed by atoms with Gasteiger partial charge in [-0.25, -0.2) is 4.98 Å². The highest BCUT2D eigenvalue weighted by Gasteiger charge is 2.09. The van der Waals surface area contributed by atoms with Crippen molar-refractivity contribution in [2.24, 2.45) is 0 Å². The van der Waals surface area contributed by atoms with E-state index in [1.807, 2.05) is 0 Å². The molecule has 0 saturated heterocycles. The average Bonchev–Trinajstić information content (AvgIpc) is 2.80. The normalized spacial score (nSPS) is 10.8. The highest BCUT2D eigenvalue weighted by atomic mass is 16.6. The first-order chi connectivity index (χ1) is 9.20. The molecule has 0 spiro atoms. The van der Waals surface area contributed by atoms with E-state index in [2.05, 4.69) is 27.5 Å². The Labute approximate surface area is 110 Å². The summed E-state index contributed by atoms with van der Waals surface area (Å²) >= 11 is 0. The number of hydrogen-bond acceptors (Lipinski definition) is 5. The van der Waals surface area contributed by atoms with Crippen molar-refractivity contribution in [3.8, 4) is 0 Å². The summed E-state index contributed by atoms with van der Waals surface area (Å²) in [6.07, 6.45) is 0.991. The lowest BCUT2D eigenvalue weighted by molar-refractivity contribution is -0.384. The minimum absolute atomic E-state index is 0.0647. The van der Waals surface area contributed by atoms with Crippen LogP contribution in [0.5, 0.6) is 0 Å². The van der Waals surface area contributed by atoms with Gasteiger partial charge in [-0.05, 0) is 25.6 Å². The number of aromatic nitrogens is 2. The first-order valence-electron chi connectivity index (χ1n) is 6.29. The molecule has 0 amide bonds. The number of imidazole rings is 1.